The van der Waals surface area contributed by atoms with Gasteiger partial charge in [-0.1, -0.05) is 204 Å². The van der Waals surface area contributed by atoms with Crippen LogP contribution in [0.2, 0.25) is 0 Å². The summed E-state index contributed by atoms with van der Waals surface area (Å²) in [6.07, 6.45) is 0. The second-order valence-corrected chi connectivity index (χ2v) is 25.0. The van der Waals surface area contributed by atoms with E-state index in [2.05, 4.69) is 285 Å². The van der Waals surface area contributed by atoms with Gasteiger partial charge in [-0.05, 0) is 116 Å². The second-order valence-electron chi connectivity index (χ2n) is 25.0. The van der Waals surface area contributed by atoms with Crippen molar-refractivity contribution in [2.24, 2.45) is 0 Å². The number of nitrogens with zero attached hydrogens (tertiary/aromatic N) is 4. The van der Waals surface area contributed by atoms with E-state index in [1.165, 1.54) is 54.6 Å². The molecule has 12 rings (SSSR count). The van der Waals surface area contributed by atoms with Gasteiger partial charge in [0.15, 0.2) is 0 Å². The van der Waals surface area contributed by atoms with Gasteiger partial charge in [-0.25, -0.2) is 0 Å². The molecule has 0 bridgehead atoms. The topological polar surface area (TPSA) is 38.6 Å². The first-order chi connectivity index (χ1) is 35.7. The van der Waals surface area contributed by atoms with Crippen molar-refractivity contribution in [3.05, 3.63) is 210 Å². The molecule has 0 saturated heterocycles. The normalized spacial score (nSPS) is 12.8. The minimum atomic E-state index is -0.0955. The van der Waals surface area contributed by atoms with Crippen LogP contribution in [0.3, 0.4) is 0 Å². The van der Waals surface area contributed by atoms with Gasteiger partial charge in [0.2, 0.25) is 0 Å². The zero-order valence-corrected chi connectivity index (χ0v) is 45.6. The van der Waals surface area contributed by atoms with Gasteiger partial charge in [0.25, 0.3) is 0 Å². The molecule has 0 aliphatic carbocycles. The number of hydrogen-bond acceptors (Lipinski definition) is 1. The van der Waals surface area contributed by atoms with E-state index in [4.69, 9.17) is 0 Å². The number of nitriles is 1. The number of fused-ring (bicyclic) bond motifs is 9. The summed E-state index contributed by atoms with van der Waals surface area (Å²) in [6.45, 7) is 27.5. The summed E-state index contributed by atoms with van der Waals surface area (Å²) in [5.41, 5.74) is 18.3. The van der Waals surface area contributed by atoms with Crippen LogP contribution in [0, 0.1) is 11.3 Å². The third-order valence-corrected chi connectivity index (χ3v) is 15.9. The Balaban J connectivity index is 1.42. The van der Waals surface area contributed by atoms with Crippen LogP contribution < -0.4 is 0 Å². The zero-order chi connectivity index (χ0) is 52.5. The van der Waals surface area contributed by atoms with Crippen molar-refractivity contribution in [1.82, 2.24) is 13.7 Å². The predicted octanol–water partition coefficient (Wildman–Crippen LogP) is 19.4. The molecule has 0 spiro atoms. The molecule has 12 aromatic rings. The Morgan fingerprint density at radius 1 is 0.293 bits per heavy atom. The van der Waals surface area contributed by atoms with Crippen LogP contribution in [0.15, 0.2) is 182 Å². The van der Waals surface area contributed by atoms with Crippen molar-refractivity contribution >= 4 is 65.4 Å². The van der Waals surface area contributed by atoms with Crippen molar-refractivity contribution in [3.63, 3.8) is 0 Å². The van der Waals surface area contributed by atoms with Gasteiger partial charge in [0.05, 0.1) is 50.2 Å². The van der Waals surface area contributed by atoms with Crippen LogP contribution in [-0.4, -0.2) is 13.7 Å². The van der Waals surface area contributed by atoms with E-state index in [1.54, 1.807) is 0 Å². The second kappa shape index (κ2) is 17.0. The van der Waals surface area contributed by atoms with Crippen molar-refractivity contribution in [3.8, 4) is 45.4 Å². The van der Waals surface area contributed by atoms with Gasteiger partial charge in [0.1, 0.15) is 11.6 Å². The molecule has 0 unspecified atom stereocenters. The van der Waals surface area contributed by atoms with E-state index in [0.717, 1.165) is 72.4 Å². The Morgan fingerprint density at radius 3 is 0.853 bits per heavy atom. The lowest BCUT2D eigenvalue weighted by Crippen LogP contribution is -2.14. The summed E-state index contributed by atoms with van der Waals surface area (Å²) >= 11 is 0. The minimum absolute atomic E-state index is 0.0955. The van der Waals surface area contributed by atoms with Crippen LogP contribution in [0.5, 0.6) is 0 Å². The molecule has 0 N–H and O–H groups in total. The Bertz CT molecular complexity index is 3900. The minimum Gasteiger partial charge on any atom is -0.308 e. The van der Waals surface area contributed by atoms with E-state index in [0.29, 0.717) is 5.56 Å². The lowest BCUT2D eigenvalue weighted by Gasteiger charge is -2.29. The Hall–Kier alpha value is -8.13. The molecule has 0 aliphatic heterocycles. The first-order valence-electron chi connectivity index (χ1n) is 26.7. The van der Waals surface area contributed by atoms with Crippen LogP contribution in [0.1, 0.15) is 111 Å². The molecule has 3 aromatic heterocycles. The summed E-state index contributed by atoms with van der Waals surface area (Å²) in [6, 6.07) is 70.5. The van der Waals surface area contributed by atoms with Crippen molar-refractivity contribution < 1.29 is 0 Å². The summed E-state index contributed by atoms with van der Waals surface area (Å²) < 4.78 is 7.41. The Kier molecular flexibility index (Phi) is 10.8. The Morgan fingerprint density at radius 2 is 0.560 bits per heavy atom. The lowest BCUT2D eigenvalue weighted by molar-refractivity contribution is 0.590. The molecular weight excluding hydrogens is 909 g/mol. The molecule has 0 saturated carbocycles. The van der Waals surface area contributed by atoms with Gasteiger partial charge in [0, 0.05) is 43.4 Å². The molecule has 0 atom stereocenters. The first kappa shape index (κ1) is 47.8. The fraction of sp³-hybridized carbons (Fsp3) is 0.225. The van der Waals surface area contributed by atoms with Gasteiger partial charge in [-0.3, -0.25) is 0 Å². The molecule has 4 heteroatoms. The van der Waals surface area contributed by atoms with Crippen LogP contribution in [0.4, 0.5) is 0 Å². The number of hydrogen-bond donors (Lipinski definition) is 0. The molecule has 0 aliphatic rings. The summed E-state index contributed by atoms with van der Waals surface area (Å²) in [4.78, 5) is 0. The molecule has 4 nitrogen and oxygen atoms in total. The van der Waals surface area contributed by atoms with E-state index < -0.39 is 0 Å². The van der Waals surface area contributed by atoms with Crippen LogP contribution >= 0.6 is 0 Å². The summed E-state index contributed by atoms with van der Waals surface area (Å²) in [5, 5.41) is 19.7. The maximum Gasteiger partial charge on any atom is 0.104 e. The average Bonchev–Trinajstić information content (AvgIpc) is 4.02. The Labute approximate surface area is 442 Å². The van der Waals surface area contributed by atoms with Crippen LogP contribution in [-0.2, 0) is 21.7 Å². The third-order valence-electron chi connectivity index (χ3n) is 15.9. The summed E-state index contributed by atoms with van der Waals surface area (Å²) in [7, 11) is 0. The van der Waals surface area contributed by atoms with Crippen molar-refractivity contribution in [2.45, 2.75) is 105 Å². The smallest absolute Gasteiger partial charge is 0.104 e. The average molecular weight is 975 g/mol. The van der Waals surface area contributed by atoms with E-state index in [1.807, 2.05) is 0 Å². The highest BCUT2D eigenvalue weighted by atomic mass is 15.1. The monoisotopic (exact) mass is 975 g/mol. The maximum absolute atomic E-state index is 12.7. The fourth-order valence-corrected chi connectivity index (χ4v) is 11.8. The molecule has 0 amide bonds. The van der Waals surface area contributed by atoms with Gasteiger partial charge in [-0.2, -0.15) is 5.26 Å². The van der Waals surface area contributed by atoms with E-state index >= 15 is 0 Å². The molecular formula is C71H66N4. The predicted molar refractivity (Wildman–Crippen MR) is 320 cm³/mol. The zero-order valence-electron chi connectivity index (χ0n) is 45.6. The molecule has 0 radical (unpaired) electrons. The first-order valence-corrected chi connectivity index (χ1v) is 26.7. The molecule has 3 heterocycles. The number of benzene rings is 9. The van der Waals surface area contributed by atoms with Crippen molar-refractivity contribution in [1.29, 1.82) is 5.26 Å². The van der Waals surface area contributed by atoms with E-state index in [-0.39, 0.29) is 21.7 Å². The molecule has 0 fully saturated rings. The summed E-state index contributed by atoms with van der Waals surface area (Å²) in [5.74, 6) is 0. The third kappa shape index (κ3) is 7.61. The SMILES string of the molecule is CC(C)(C)c1ccc2c(c1)c1cc(C(C)(C)C)ccc1n2-c1c(C#N)c(-n2c3ccc(C(C)(C)C)cc3c3cc(C(C)(C)C)ccc32)c(-c2ccccc2)c(-n2c3ccccc3c3ccccc32)c1-c1ccccc1. The number of para-hydroxylation sites is 2. The quantitative estimate of drug-likeness (QED) is 0.169. The highest BCUT2D eigenvalue weighted by Crippen LogP contribution is 2.52. The lowest BCUT2D eigenvalue weighted by atomic mass is 9.85. The van der Waals surface area contributed by atoms with Gasteiger partial charge in [-0.15, -0.1) is 0 Å². The van der Waals surface area contributed by atoms with Gasteiger partial charge < -0.3 is 13.7 Å². The highest BCUT2D eigenvalue weighted by Gasteiger charge is 2.34. The van der Waals surface area contributed by atoms with Crippen LogP contribution in [0.25, 0.3) is 105 Å². The number of aromatic nitrogens is 3. The van der Waals surface area contributed by atoms with E-state index in [9.17, 15) is 5.26 Å². The maximum atomic E-state index is 12.7. The largest absolute Gasteiger partial charge is 0.308 e. The fourth-order valence-electron chi connectivity index (χ4n) is 11.8. The van der Waals surface area contributed by atoms with Crippen molar-refractivity contribution in [2.75, 3.05) is 0 Å². The van der Waals surface area contributed by atoms with Gasteiger partial charge >= 0.3 is 0 Å². The molecule has 75 heavy (non-hydrogen) atoms. The molecule has 370 valence electrons. The standard InChI is InChI=1S/C71H66N4/c1-68(2,3)46-31-35-59-52(39-46)53-40-47(69(4,5)6)32-36-60(53)73(59)65-56(43-72)66(74-61-37-33-48(70(7,8)9)41-54(61)55-42-49(71(10,11)12)34-38-62(55)74)64(45-25-17-14-18-26-45)67(63(65)44-23-15-13-16-24-44)75-57-29-21-19-27-50(57)51-28-20-22-30-58(51)75/h13-42H,1-12H3. The highest BCUT2D eigenvalue weighted by molar-refractivity contribution is 6.16. The number of rotatable bonds is 5. The molecule has 9 aromatic carbocycles.